The Hall–Kier alpha value is -2.29. The molecule has 0 radical (unpaired) electrons. The molecule has 0 atom stereocenters. The van der Waals surface area contributed by atoms with Gasteiger partial charge < -0.3 is 4.74 Å². The number of nitro groups is 1. The second-order valence-corrected chi connectivity index (χ2v) is 3.38. The summed E-state index contributed by atoms with van der Waals surface area (Å²) in [6, 6.07) is 3.01. The van der Waals surface area contributed by atoms with E-state index in [-0.39, 0.29) is 16.9 Å². The third-order valence-corrected chi connectivity index (χ3v) is 2.12. The van der Waals surface area contributed by atoms with E-state index in [1.54, 1.807) is 0 Å². The van der Waals surface area contributed by atoms with Crippen LogP contribution in [-0.4, -0.2) is 26.4 Å². The van der Waals surface area contributed by atoms with Crippen LogP contribution >= 0.6 is 0 Å². The van der Waals surface area contributed by atoms with Crippen LogP contribution in [0.3, 0.4) is 0 Å². The van der Waals surface area contributed by atoms with Gasteiger partial charge >= 0.3 is 16.5 Å². The Balaban J connectivity index is 3.47. The summed E-state index contributed by atoms with van der Waals surface area (Å²) in [5.74, 6) is -0.830. The molecule has 0 aliphatic heterocycles. The Morgan fingerprint density at radius 1 is 1.47 bits per heavy atom. The summed E-state index contributed by atoms with van der Waals surface area (Å²) in [6.45, 7) is 0. The number of methoxy groups -OCH3 is 1. The van der Waals surface area contributed by atoms with Crippen LogP contribution in [0.25, 0.3) is 0 Å². The predicted octanol–water partition coefficient (Wildman–Crippen LogP) is 1.08. The summed E-state index contributed by atoms with van der Waals surface area (Å²) < 4.78 is 28.3. The lowest BCUT2D eigenvalue weighted by molar-refractivity contribution is -0.384. The highest BCUT2D eigenvalue weighted by Crippen LogP contribution is 2.25. The van der Waals surface area contributed by atoms with Gasteiger partial charge in [0.2, 0.25) is 0 Å². The van der Waals surface area contributed by atoms with Gasteiger partial charge in [-0.05, 0) is 6.07 Å². The van der Waals surface area contributed by atoms with Gasteiger partial charge in [-0.3, -0.25) is 10.1 Å². The second-order valence-electron chi connectivity index (χ2n) is 2.76. The van der Waals surface area contributed by atoms with Crippen LogP contribution in [0.4, 0.5) is 11.4 Å². The molecule has 0 heterocycles. The number of hydrogen-bond acceptors (Lipinski definition) is 7. The number of esters is 1. The topological polar surface area (TPSA) is 116 Å². The number of rotatable bonds is 3. The maximum absolute atomic E-state index is 11.2. The molecule has 0 saturated heterocycles. The van der Waals surface area contributed by atoms with E-state index >= 15 is 0 Å². The number of carbonyl (C=O) groups is 1. The molecule has 0 unspecified atom stereocenters. The number of non-ortho nitro benzene ring substituents is 1. The smallest absolute Gasteiger partial charge is 0.340 e. The van der Waals surface area contributed by atoms with Gasteiger partial charge in [-0.2, -0.15) is 8.42 Å². The maximum atomic E-state index is 11.2. The fourth-order valence-corrected chi connectivity index (χ4v) is 1.38. The van der Waals surface area contributed by atoms with Crippen molar-refractivity contribution in [2.24, 2.45) is 4.36 Å². The lowest BCUT2D eigenvalue weighted by Crippen LogP contribution is -2.02. The number of ether oxygens (including phenoxy) is 1. The minimum absolute atomic E-state index is 0.165. The van der Waals surface area contributed by atoms with Gasteiger partial charge in [0.25, 0.3) is 5.69 Å². The molecule has 0 amide bonds. The molecule has 0 spiro atoms. The Morgan fingerprint density at radius 2 is 2.12 bits per heavy atom. The molecule has 9 heteroatoms. The fourth-order valence-electron chi connectivity index (χ4n) is 1.07. The average Bonchev–Trinajstić information content (AvgIpc) is 2.27. The molecule has 1 rings (SSSR count). The third-order valence-electron chi connectivity index (χ3n) is 1.77. The SMILES string of the molecule is COC(=O)c1ccc([N+](=O)[O-])cc1N=S(=O)=O. The summed E-state index contributed by atoms with van der Waals surface area (Å²) >= 11 is 0. The van der Waals surface area contributed by atoms with Crippen molar-refractivity contribution in [2.75, 3.05) is 7.11 Å². The molecule has 0 saturated carbocycles. The van der Waals surface area contributed by atoms with Crippen molar-refractivity contribution < 1.29 is 22.9 Å². The number of hydrogen-bond donors (Lipinski definition) is 0. The van der Waals surface area contributed by atoms with Crippen molar-refractivity contribution >= 4 is 27.8 Å². The lowest BCUT2D eigenvalue weighted by atomic mass is 10.1. The van der Waals surface area contributed by atoms with E-state index in [1.165, 1.54) is 0 Å². The standard InChI is InChI=1S/C8H6N2O6S/c1-16-8(11)6-3-2-5(10(12)13)4-7(6)9-17(14)15/h2-4H,1H3. The number of nitro benzene ring substituents is 1. The molecule has 90 valence electrons. The van der Waals surface area contributed by atoms with Gasteiger partial charge in [0.1, 0.15) is 5.69 Å². The molecule has 0 bridgehead atoms. The van der Waals surface area contributed by atoms with E-state index in [1.807, 2.05) is 0 Å². The highest BCUT2D eigenvalue weighted by molar-refractivity contribution is 7.61. The second kappa shape index (κ2) is 5.16. The van der Waals surface area contributed by atoms with Crippen LogP contribution in [0.1, 0.15) is 10.4 Å². The zero-order valence-corrected chi connectivity index (χ0v) is 9.30. The van der Waals surface area contributed by atoms with Gasteiger partial charge in [0, 0.05) is 12.1 Å². The molecule has 1 aromatic rings. The first-order valence-electron chi connectivity index (χ1n) is 4.13. The van der Waals surface area contributed by atoms with Gasteiger partial charge in [0.05, 0.1) is 17.6 Å². The van der Waals surface area contributed by atoms with Gasteiger partial charge in [-0.25, -0.2) is 4.79 Å². The van der Waals surface area contributed by atoms with Crippen molar-refractivity contribution in [3.05, 3.63) is 33.9 Å². The van der Waals surface area contributed by atoms with Crippen LogP contribution in [0.5, 0.6) is 0 Å². The summed E-state index contributed by atoms with van der Waals surface area (Å²) in [5, 5.41) is 10.5. The first kappa shape index (κ1) is 12.8. The summed E-state index contributed by atoms with van der Waals surface area (Å²) in [7, 11) is -1.72. The van der Waals surface area contributed by atoms with Crippen molar-refractivity contribution in [1.82, 2.24) is 0 Å². The van der Waals surface area contributed by atoms with E-state index in [9.17, 15) is 23.3 Å². The lowest BCUT2D eigenvalue weighted by Gasteiger charge is -2.01. The number of benzene rings is 1. The van der Waals surface area contributed by atoms with E-state index in [0.29, 0.717) is 0 Å². The molecule has 0 aliphatic carbocycles. The quantitative estimate of drug-likeness (QED) is 0.455. The molecular formula is C8H6N2O6S. The molecule has 17 heavy (non-hydrogen) atoms. The van der Waals surface area contributed by atoms with E-state index < -0.39 is 21.4 Å². The minimum Gasteiger partial charge on any atom is -0.465 e. The fraction of sp³-hybridized carbons (Fsp3) is 0.125. The van der Waals surface area contributed by atoms with Crippen LogP contribution in [0, 0.1) is 10.1 Å². The van der Waals surface area contributed by atoms with E-state index in [0.717, 1.165) is 25.3 Å². The highest BCUT2D eigenvalue weighted by atomic mass is 32.2. The van der Waals surface area contributed by atoms with Crippen molar-refractivity contribution in [3.63, 3.8) is 0 Å². The molecule has 0 aliphatic rings. The molecular weight excluding hydrogens is 252 g/mol. The Bertz CT molecular complexity index is 598. The Kier molecular flexibility index (Phi) is 3.88. The molecule has 0 aromatic heterocycles. The third kappa shape index (κ3) is 3.08. The van der Waals surface area contributed by atoms with Crippen LogP contribution in [-0.2, 0) is 15.2 Å². The highest BCUT2D eigenvalue weighted by Gasteiger charge is 2.16. The summed E-state index contributed by atoms with van der Waals surface area (Å²) in [5.41, 5.74) is -0.872. The molecule has 0 fully saturated rings. The van der Waals surface area contributed by atoms with E-state index in [2.05, 4.69) is 9.10 Å². The maximum Gasteiger partial charge on any atom is 0.340 e. The summed E-state index contributed by atoms with van der Waals surface area (Å²) in [6.07, 6.45) is 0. The van der Waals surface area contributed by atoms with Gasteiger partial charge in [0.15, 0.2) is 0 Å². The van der Waals surface area contributed by atoms with Gasteiger partial charge in [-0.15, -0.1) is 4.36 Å². The normalized spacial score (nSPS) is 9.47. The van der Waals surface area contributed by atoms with Crippen molar-refractivity contribution in [1.29, 1.82) is 0 Å². The average molecular weight is 258 g/mol. The minimum atomic E-state index is -2.82. The monoisotopic (exact) mass is 258 g/mol. The molecule has 0 N–H and O–H groups in total. The largest absolute Gasteiger partial charge is 0.465 e. The Labute approximate surface area is 96.7 Å². The predicted molar refractivity (Wildman–Crippen MR) is 55.4 cm³/mol. The van der Waals surface area contributed by atoms with Crippen molar-refractivity contribution in [3.8, 4) is 0 Å². The zero-order valence-electron chi connectivity index (χ0n) is 8.48. The number of nitrogens with zero attached hydrogens (tertiary/aromatic N) is 2. The zero-order chi connectivity index (χ0) is 13.0. The summed E-state index contributed by atoms with van der Waals surface area (Å²) in [4.78, 5) is 21.0. The van der Waals surface area contributed by atoms with Crippen LogP contribution < -0.4 is 0 Å². The first-order chi connectivity index (χ1) is 7.95. The van der Waals surface area contributed by atoms with E-state index in [4.69, 9.17) is 0 Å². The molecule has 8 nitrogen and oxygen atoms in total. The first-order valence-corrected chi connectivity index (χ1v) is 5.16. The van der Waals surface area contributed by atoms with Crippen LogP contribution in [0.15, 0.2) is 22.6 Å². The number of carbonyl (C=O) groups excluding carboxylic acids is 1. The van der Waals surface area contributed by atoms with Crippen molar-refractivity contribution in [2.45, 2.75) is 0 Å². The molecule has 1 aromatic carbocycles. The van der Waals surface area contributed by atoms with Crippen LogP contribution in [0.2, 0.25) is 0 Å². The Morgan fingerprint density at radius 3 is 2.59 bits per heavy atom. The van der Waals surface area contributed by atoms with Gasteiger partial charge in [-0.1, -0.05) is 0 Å².